The van der Waals surface area contributed by atoms with Crippen molar-refractivity contribution in [2.75, 3.05) is 12.3 Å². The van der Waals surface area contributed by atoms with Crippen molar-refractivity contribution in [3.05, 3.63) is 17.0 Å². The van der Waals surface area contributed by atoms with Gasteiger partial charge in [0.2, 0.25) is 0 Å². The van der Waals surface area contributed by atoms with Crippen molar-refractivity contribution in [2.45, 2.75) is 25.8 Å². The van der Waals surface area contributed by atoms with Crippen LogP contribution in [0.2, 0.25) is 0 Å². The van der Waals surface area contributed by atoms with Gasteiger partial charge in [-0.15, -0.1) is 11.8 Å². The van der Waals surface area contributed by atoms with Gasteiger partial charge in [0, 0.05) is 24.4 Å². The van der Waals surface area contributed by atoms with E-state index < -0.39 is 11.3 Å². The summed E-state index contributed by atoms with van der Waals surface area (Å²) < 4.78 is 5.07. The van der Waals surface area contributed by atoms with E-state index in [9.17, 15) is 4.79 Å². The number of aryl methyl sites for hydroxylation is 2. The number of carboxylic acids is 1. The number of aromatic nitrogens is 1. The average molecular weight is 242 g/mol. The molecule has 0 bridgehead atoms. The summed E-state index contributed by atoms with van der Waals surface area (Å²) in [4.78, 5) is 13.0. The number of hydrogen-bond acceptors (Lipinski definition) is 5. The SMILES string of the molecule is Cc1noc(C)c1CN1CCSC1C(=O)O. The first-order valence-corrected chi connectivity index (χ1v) is 6.14. The first-order valence-electron chi connectivity index (χ1n) is 5.10. The highest BCUT2D eigenvalue weighted by atomic mass is 32.2. The van der Waals surface area contributed by atoms with Crippen molar-refractivity contribution in [2.24, 2.45) is 0 Å². The molecule has 0 saturated carbocycles. The first kappa shape index (κ1) is 11.5. The van der Waals surface area contributed by atoms with Crippen LogP contribution in [0, 0.1) is 13.8 Å². The number of hydrogen-bond donors (Lipinski definition) is 1. The summed E-state index contributed by atoms with van der Waals surface area (Å²) in [5, 5.41) is 12.5. The number of thioether (sulfide) groups is 1. The molecular formula is C10H14N2O3S. The quantitative estimate of drug-likeness (QED) is 0.860. The largest absolute Gasteiger partial charge is 0.479 e. The molecule has 0 aliphatic carbocycles. The van der Waals surface area contributed by atoms with E-state index in [1.165, 1.54) is 11.8 Å². The predicted molar refractivity (Wildman–Crippen MR) is 60.3 cm³/mol. The molecule has 1 atom stereocenters. The van der Waals surface area contributed by atoms with E-state index in [0.29, 0.717) is 6.54 Å². The molecule has 1 aromatic heterocycles. The normalized spacial score (nSPS) is 21.5. The molecule has 0 radical (unpaired) electrons. The zero-order chi connectivity index (χ0) is 11.7. The Bertz CT molecular complexity index is 385. The van der Waals surface area contributed by atoms with Gasteiger partial charge in [0.25, 0.3) is 0 Å². The molecule has 1 aromatic rings. The molecule has 1 unspecified atom stereocenters. The van der Waals surface area contributed by atoms with Crippen LogP contribution in [0.5, 0.6) is 0 Å². The van der Waals surface area contributed by atoms with Crippen LogP contribution < -0.4 is 0 Å². The minimum Gasteiger partial charge on any atom is -0.479 e. The fraction of sp³-hybridized carbons (Fsp3) is 0.600. The van der Waals surface area contributed by atoms with Crippen LogP contribution in [-0.2, 0) is 11.3 Å². The lowest BCUT2D eigenvalue weighted by Gasteiger charge is -2.19. The van der Waals surface area contributed by atoms with Crippen molar-refractivity contribution in [1.29, 1.82) is 0 Å². The number of nitrogens with zero attached hydrogens (tertiary/aromatic N) is 2. The Morgan fingerprint density at radius 3 is 3.00 bits per heavy atom. The molecule has 1 N–H and O–H groups in total. The molecule has 1 saturated heterocycles. The second kappa shape index (κ2) is 4.47. The lowest BCUT2D eigenvalue weighted by Crippen LogP contribution is -2.34. The van der Waals surface area contributed by atoms with Gasteiger partial charge >= 0.3 is 5.97 Å². The zero-order valence-electron chi connectivity index (χ0n) is 9.27. The highest BCUT2D eigenvalue weighted by molar-refractivity contribution is 8.00. The third kappa shape index (κ3) is 2.08. The molecular weight excluding hydrogens is 228 g/mol. The van der Waals surface area contributed by atoms with E-state index in [1.807, 2.05) is 18.7 Å². The van der Waals surface area contributed by atoms with Crippen LogP contribution in [0.3, 0.4) is 0 Å². The molecule has 0 aromatic carbocycles. The molecule has 0 spiro atoms. The number of aliphatic carboxylic acids is 1. The van der Waals surface area contributed by atoms with Crippen molar-refractivity contribution in [3.63, 3.8) is 0 Å². The minimum absolute atomic E-state index is 0.436. The fourth-order valence-corrected chi connectivity index (χ4v) is 2.92. The Morgan fingerprint density at radius 1 is 1.69 bits per heavy atom. The van der Waals surface area contributed by atoms with Gasteiger partial charge in [-0.3, -0.25) is 4.90 Å². The number of carboxylic acid groups (broad SMARTS) is 1. The van der Waals surface area contributed by atoms with Gasteiger partial charge in [-0.2, -0.15) is 0 Å². The van der Waals surface area contributed by atoms with Crippen molar-refractivity contribution in [1.82, 2.24) is 10.1 Å². The standard InChI is InChI=1S/C10H14N2O3S/c1-6-8(7(2)15-11-6)5-12-3-4-16-9(12)10(13)14/h9H,3-5H2,1-2H3,(H,13,14). The topological polar surface area (TPSA) is 66.6 Å². The van der Waals surface area contributed by atoms with Gasteiger partial charge in [0.1, 0.15) is 5.76 Å². The Balaban J connectivity index is 2.12. The minimum atomic E-state index is -0.769. The van der Waals surface area contributed by atoms with Gasteiger partial charge in [0.15, 0.2) is 5.37 Å². The maximum atomic E-state index is 11.0. The van der Waals surface area contributed by atoms with E-state index in [0.717, 1.165) is 29.3 Å². The Morgan fingerprint density at radius 2 is 2.44 bits per heavy atom. The second-order valence-corrected chi connectivity index (χ2v) is 5.02. The molecule has 2 rings (SSSR count). The van der Waals surface area contributed by atoms with Crippen LogP contribution in [0.1, 0.15) is 17.0 Å². The van der Waals surface area contributed by atoms with Gasteiger partial charge < -0.3 is 9.63 Å². The number of carbonyl (C=O) groups is 1. The first-order chi connectivity index (χ1) is 7.59. The molecule has 88 valence electrons. The van der Waals surface area contributed by atoms with Gasteiger partial charge in [-0.05, 0) is 13.8 Å². The molecule has 1 fully saturated rings. The lowest BCUT2D eigenvalue weighted by atomic mass is 10.2. The van der Waals surface area contributed by atoms with Crippen molar-refractivity contribution in [3.8, 4) is 0 Å². The van der Waals surface area contributed by atoms with E-state index in [1.54, 1.807) is 0 Å². The molecule has 2 heterocycles. The Kier molecular flexibility index (Phi) is 3.20. The third-order valence-electron chi connectivity index (χ3n) is 2.74. The second-order valence-electron chi connectivity index (χ2n) is 3.83. The third-order valence-corrected chi connectivity index (χ3v) is 3.97. The smallest absolute Gasteiger partial charge is 0.331 e. The molecule has 6 heteroatoms. The van der Waals surface area contributed by atoms with Crippen LogP contribution in [0.25, 0.3) is 0 Å². The summed E-state index contributed by atoms with van der Waals surface area (Å²) in [6.45, 7) is 5.13. The molecule has 5 nitrogen and oxygen atoms in total. The highest BCUT2D eigenvalue weighted by Gasteiger charge is 2.32. The average Bonchev–Trinajstić information content (AvgIpc) is 2.80. The summed E-state index contributed by atoms with van der Waals surface area (Å²) in [7, 11) is 0. The zero-order valence-corrected chi connectivity index (χ0v) is 10.1. The predicted octanol–water partition coefficient (Wildman–Crippen LogP) is 1.25. The summed E-state index contributed by atoms with van der Waals surface area (Å²) >= 11 is 1.47. The molecule has 16 heavy (non-hydrogen) atoms. The summed E-state index contributed by atoms with van der Waals surface area (Å²) in [5.74, 6) is 0.869. The van der Waals surface area contributed by atoms with E-state index in [4.69, 9.17) is 9.63 Å². The fourth-order valence-electron chi connectivity index (χ4n) is 1.82. The van der Waals surface area contributed by atoms with Crippen molar-refractivity contribution < 1.29 is 14.4 Å². The Hall–Kier alpha value is -1.01. The molecule has 1 aliphatic rings. The van der Waals surface area contributed by atoms with Crippen molar-refractivity contribution >= 4 is 17.7 Å². The van der Waals surface area contributed by atoms with Crippen LogP contribution in [0.4, 0.5) is 0 Å². The highest BCUT2D eigenvalue weighted by Crippen LogP contribution is 2.27. The molecule has 1 aliphatic heterocycles. The summed E-state index contributed by atoms with van der Waals surface area (Å²) in [5.41, 5.74) is 1.85. The van der Waals surface area contributed by atoms with E-state index >= 15 is 0 Å². The maximum absolute atomic E-state index is 11.0. The van der Waals surface area contributed by atoms with Crippen LogP contribution in [0.15, 0.2) is 4.52 Å². The lowest BCUT2D eigenvalue weighted by molar-refractivity contribution is -0.139. The molecule has 0 amide bonds. The van der Waals surface area contributed by atoms with Gasteiger partial charge in [-0.25, -0.2) is 4.79 Å². The van der Waals surface area contributed by atoms with E-state index in [-0.39, 0.29) is 0 Å². The monoisotopic (exact) mass is 242 g/mol. The van der Waals surface area contributed by atoms with Crippen LogP contribution >= 0.6 is 11.8 Å². The van der Waals surface area contributed by atoms with E-state index in [2.05, 4.69) is 5.16 Å². The Labute approximate surface area is 97.8 Å². The maximum Gasteiger partial charge on any atom is 0.331 e. The summed E-state index contributed by atoms with van der Waals surface area (Å²) in [6, 6.07) is 0. The van der Waals surface area contributed by atoms with Crippen LogP contribution in [-0.4, -0.2) is 38.8 Å². The van der Waals surface area contributed by atoms with Gasteiger partial charge in [0.05, 0.1) is 5.69 Å². The number of rotatable bonds is 3. The van der Waals surface area contributed by atoms with Gasteiger partial charge in [-0.1, -0.05) is 5.16 Å². The summed E-state index contributed by atoms with van der Waals surface area (Å²) in [6.07, 6.45) is 0.